The fourth-order valence-electron chi connectivity index (χ4n) is 3.34. The first-order valence-electron chi connectivity index (χ1n) is 8.16. The number of nitrogens with zero attached hydrogens (tertiary/aromatic N) is 5. The van der Waals surface area contributed by atoms with Gasteiger partial charge in [-0.05, 0) is 13.8 Å². The van der Waals surface area contributed by atoms with Crippen LogP contribution in [0.2, 0.25) is 0 Å². The van der Waals surface area contributed by atoms with E-state index in [0.717, 1.165) is 50.7 Å². The molecular weight excluding hydrogens is 336 g/mol. The molecule has 4 rings (SSSR count). The zero-order valence-corrected chi connectivity index (χ0v) is 15.5. The van der Waals surface area contributed by atoms with Crippen molar-refractivity contribution < 1.29 is 4.74 Å². The highest BCUT2D eigenvalue weighted by molar-refractivity contribution is 8.00. The van der Waals surface area contributed by atoms with Gasteiger partial charge in [-0.1, -0.05) is 6.92 Å². The molecule has 0 spiro atoms. The Balaban J connectivity index is 1.84. The molecule has 0 aliphatic carbocycles. The normalized spacial score (nSPS) is 16.4. The average Bonchev–Trinajstić information content (AvgIpc) is 2.88. The topological polar surface area (TPSA) is 91.7 Å². The van der Waals surface area contributed by atoms with Gasteiger partial charge in [-0.25, -0.2) is 9.67 Å². The van der Waals surface area contributed by atoms with Crippen molar-refractivity contribution in [1.29, 1.82) is 0 Å². The van der Waals surface area contributed by atoms with Gasteiger partial charge in [0.1, 0.15) is 10.8 Å². The van der Waals surface area contributed by atoms with E-state index in [0.29, 0.717) is 11.8 Å². The van der Waals surface area contributed by atoms with E-state index in [2.05, 4.69) is 21.9 Å². The summed E-state index contributed by atoms with van der Waals surface area (Å²) < 4.78 is 7.40. The van der Waals surface area contributed by atoms with Gasteiger partial charge in [-0.15, -0.1) is 11.8 Å². The van der Waals surface area contributed by atoms with Gasteiger partial charge < -0.3 is 10.5 Å². The van der Waals surface area contributed by atoms with Gasteiger partial charge in [0.2, 0.25) is 5.95 Å². The van der Waals surface area contributed by atoms with Gasteiger partial charge in [0.25, 0.3) is 0 Å². The van der Waals surface area contributed by atoms with E-state index < -0.39 is 0 Å². The number of aromatic nitrogens is 5. The zero-order chi connectivity index (χ0) is 17.7. The van der Waals surface area contributed by atoms with Crippen molar-refractivity contribution in [3.05, 3.63) is 28.7 Å². The monoisotopic (exact) mass is 356 g/mol. The van der Waals surface area contributed by atoms with Crippen molar-refractivity contribution in [2.75, 3.05) is 12.8 Å². The van der Waals surface area contributed by atoms with E-state index in [-0.39, 0.29) is 5.95 Å². The highest BCUT2D eigenvalue weighted by Crippen LogP contribution is 2.38. The van der Waals surface area contributed by atoms with Crippen molar-refractivity contribution in [2.45, 2.75) is 44.0 Å². The maximum Gasteiger partial charge on any atom is 0.223 e. The molecule has 4 heterocycles. The third kappa shape index (κ3) is 2.60. The number of methoxy groups -OCH3 is 1. The molecular formula is C17H20N6OS. The summed E-state index contributed by atoms with van der Waals surface area (Å²) in [5, 5.41) is 7.16. The summed E-state index contributed by atoms with van der Waals surface area (Å²) in [6, 6.07) is 0. The molecule has 0 aromatic carbocycles. The summed E-state index contributed by atoms with van der Waals surface area (Å²) in [5.74, 6) is 1.15. The second kappa shape index (κ2) is 5.87. The Morgan fingerprint density at radius 2 is 2.16 bits per heavy atom. The first-order valence-corrected chi connectivity index (χ1v) is 9.04. The van der Waals surface area contributed by atoms with Crippen molar-refractivity contribution in [3.63, 3.8) is 0 Å². The SMILES string of the molecule is COc1c(C)cnc(Cn2nc3c4c(nc(N)nc42)SC(C)C3)c1C. The lowest BCUT2D eigenvalue weighted by atomic mass is 10.1. The van der Waals surface area contributed by atoms with Crippen LogP contribution < -0.4 is 10.5 Å². The van der Waals surface area contributed by atoms with Gasteiger partial charge in [0.05, 0.1) is 30.4 Å². The molecule has 1 atom stereocenters. The molecule has 1 aliphatic heterocycles. The lowest BCUT2D eigenvalue weighted by Crippen LogP contribution is -2.09. The molecule has 0 bridgehead atoms. The molecule has 0 saturated carbocycles. The van der Waals surface area contributed by atoms with E-state index in [1.165, 1.54) is 0 Å². The van der Waals surface area contributed by atoms with Crippen molar-refractivity contribution in [2.24, 2.45) is 0 Å². The molecule has 3 aromatic rings. The quantitative estimate of drug-likeness (QED) is 0.721. The number of pyridine rings is 1. The summed E-state index contributed by atoms with van der Waals surface area (Å²) in [6.45, 7) is 6.71. The molecule has 25 heavy (non-hydrogen) atoms. The van der Waals surface area contributed by atoms with Crippen LogP contribution in [0.4, 0.5) is 5.95 Å². The first kappa shape index (κ1) is 16.1. The van der Waals surface area contributed by atoms with Crippen LogP contribution in [0.25, 0.3) is 11.0 Å². The molecule has 1 aliphatic rings. The zero-order valence-electron chi connectivity index (χ0n) is 14.7. The Kier molecular flexibility index (Phi) is 3.79. The number of ether oxygens (including phenoxy) is 1. The number of anilines is 1. The largest absolute Gasteiger partial charge is 0.496 e. The Hall–Kier alpha value is -2.35. The van der Waals surface area contributed by atoms with E-state index in [1.807, 2.05) is 24.7 Å². The number of nitrogen functional groups attached to an aromatic ring is 1. The van der Waals surface area contributed by atoms with Crippen LogP contribution in [0, 0.1) is 13.8 Å². The average molecular weight is 356 g/mol. The molecule has 2 N–H and O–H groups in total. The lowest BCUT2D eigenvalue weighted by molar-refractivity contribution is 0.406. The van der Waals surface area contributed by atoms with Crippen LogP contribution in [-0.2, 0) is 13.0 Å². The lowest BCUT2D eigenvalue weighted by Gasteiger charge is -2.15. The van der Waals surface area contributed by atoms with Crippen LogP contribution >= 0.6 is 11.8 Å². The number of rotatable bonds is 3. The highest BCUT2D eigenvalue weighted by Gasteiger charge is 2.26. The third-order valence-corrected chi connectivity index (χ3v) is 5.58. The van der Waals surface area contributed by atoms with Crippen LogP contribution in [0.5, 0.6) is 5.75 Å². The Labute approximate surface area is 150 Å². The third-order valence-electron chi connectivity index (χ3n) is 4.49. The molecule has 8 heteroatoms. The summed E-state index contributed by atoms with van der Waals surface area (Å²) in [6.07, 6.45) is 2.73. The second-order valence-electron chi connectivity index (χ2n) is 6.37. The number of hydrogen-bond acceptors (Lipinski definition) is 7. The number of nitrogens with two attached hydrogens (primary N) is 1. The van der Waals surface area contributed by atoms with Crippen LogP contribution in [0.15, 0.2) is 11.2 Å². The molecule has 1 unspecified atom stereocenters. The minimum Gasteiger partial charge on any atom is -0.496 e. The predicted molar refractivity (Wildman–Crippen MR) is 98.1 cm³/mol. The molecule has 7 nitrogen and oxygen atoms in total. The van der Waals surface area contributed by atoms with E-state index in [1.54, 1.807) is 18.9 Å². The van der Waals surface area contributed by atoms with E-state index in [4.69, 9.17) is 15.6 Å². The van der Waals surface area contributed by atoms with Gasteiger partial charge in [0.15, 0.2) is 5.65 Å². The minimum atomic E-state index is 0.281. The van der Waals surface area contributed by atoms with Crippen LogP contribution in [0.1, 0.15) is 29.4 Å². The summed E-state index contributed by atoms with van der Waals surface area (Å²) in [5.41, 5.74) is 10.7. The standard InChI is InChI=1S/C17H20N6OS/c1-8-6-19-12(10(3)14(8)24-4)7-23-15-13-11(22-23)5-9(2)25-16(13)21-17(18)20-15/h6,9H,5,7H2,1-4H3,(H2,18,20,21). The van der Waals surface area contributed by atoms with Gasteiger partial charge >= 0.3 is 0 Å². The van der Waals surface area contributed by atoms with Crippen molar-refractivity contribution >= 4 is 28.7 Å². The smallest absolute Gasteiger partial charge is 0.223 e. The van der Waals surface area contributed by atoms with Crippen molar-refractivity contribution in [1.82, 2.24) is 24.7 Å². The van der Waals surface area contributed by atoms with Gasteiger partial charge in [0, 0.05) is 29.0 Å². The van der Waals surface area contributed by atoms with E-state index in [9.17, 15) is 0 Å². The maximum absolute atomic E-state index is 5.92. The molecule has 130 valence electrons. The molecule has 0 amide bonds. The van der Waals surface area contributed by atoms with Crippen LogP contribution in [0.3, 0.4) is 0 Å². The maximum atomic E-state index is 5.92. The van der Waals surface area contributed by atoms with E-state index >= 15 is 0 Å². The second-order valence-corrected chi connectivity index (χ2v) is 7.80. The Morgan fingerprint density at radius 1 is 1.36 bits per heavy atom. The highest BCUT2D eigenvalue weighted by atomic mass is 32.2. The predicted octanol–water partition coefficient (Wildman–Crippen LogP) is 2.51. The number of thioether (sulfide) groups is 1. The Morgan fingerprint density at radius 3 is 2.92 bits per heavy atom. The minimum absolute atomic E-state index is 0.281. The number of aryl methyl sites for hydroxylation is 1. The summed E-state index contributed by atoms with van der Waals surface area (Å²) >= 11 is 1.73. The Bertz CT molecular complexity index is 983. The summed E-state index contributed by atoms with van der Waals surface area (Å²) in [7, 11) is 1.68. The molecule has 3 aromatic heterocycles. The fraction of sp³-hybridized carbons (Fsp3) is 0.412. The van der Waals surface area contributed by atoms with Crippen molar-refractivity contribution in [3.8, 4) is 5.75 Å². The van der Waals surface area contributed by atoms with Gasteiger partial charge in [-0.3, -0.25) is 4.98 Å². The molecule has 0 fully saturated rings. The molecule has 0 saturated heterocycles. The molecule has 0 radical (unpaired) electrons. The summed E-state index contributed by atoms with van der Waals surface area (Å²) in [4.78, 5) is 13.4. The van der Waals surface area contributed by atoms with Crippen LogP contribution in [-0.4, -0.2) is 37.1 Å². The fourth-order valence-corrected chi connectivity index (χ4v) is 4.44. The first-order chi connectivity index (χ1) is 12.0. The van der Waals surface area contributed by atoms with Gasteiger partial charge in [-0.2, -0.15) is 10.1 Å². The number of hydrogen-bond donors (Lipinski definition) is 1.